The Morgan fingerprint density at radius 1 is 1.45 bits per heavy atom. The summed E-state index contributed by atoms with van der Waals surface area (Å²) in [5.41, 5.74) is 1.54. The molecule has 1 heteroatoms. The Labute approximate surface area is 69.2 Å². The molecule has 0 aromatic carbocycles. The van der Waals surface area contributed by atoms with E-state index in [0.717, 1.165) is 6.42 Å². The first-order chi connectivity index (χ1) is 5.02. The molecule has 1 rings (SSSR count). The third kappa shape index (κ3) is 1.92. The maximum absolute atomic E-state index is 4.36. The number of allylic oxidation sites excluding steroid dienone is 1. The number of rotatable bonds is 2. The first kappa shape index (κ1) is 8.51. The number of hydrogen-bond donors (Lipinski definition) is 0. The number of hydrogen-bond acceptors (Lipinski definition) is 1. The van der Waals surface area contributed by atoms with Crippen molar-refractivity contribution in [3.8, 4) is 0 Å². The summed E-state index contributed by atoms with van der Waals surface area (Å²) in [4.78, 5) is 4.36. The molecule has 0 aromatic heterocycles. The Bertz CT molecular complexity index is 197. The van der Waals surface area contributed by atoms with Gasteiger partial charge in [-0.1, -0.05) is 33.8 Å². The summed E-state index contributed by atoms with van der Waals surface area (Å²) >= 11 is 0. The molecule has 0 unspecified atom stereocenters. The summed E-state index contributed by atoms with van der Waals surface area (Å²) in [6.07, 6.45) is 5.22. The Kier molecular flexibility index (Phi) is 2.17. The fraction of sp³-hybridized carbons (Fsp3) is 0.700. The predicted molar refractivity (Wildman–Crippen MR) is 49.8 cm³/mol. The van der Waals surface area contributed by atoms with Gasteiger partial charge in [0.15, 0.2) is 0 Å². The van der Waals surface area contributed by atoms with E-state index in [1.54, 1.807) is 0 Å². The van der Waals surface area contributed by atoms with Gasteiger partial charge in [-0.3, -0.25) is 4.99 Å². The van der Waals surface area contributed by atoms with Crippen molar-refractivity contribution in [3.05, 3.63) is 12.3 Å². The summed E-state index contributed by atoms with van der Waals surface area (Å²) in [5.74, 6) is 0.716. The van der Waals surface area contributed by atoms with E-state index in [1.165, 1.54) is 5.71 Å². The van der Waals surface area contributed by atoms with Gasteiger partial charge in [0, 0.05) is 17.3 Å². The molecule has 0 bridgehead atoms. The average Bonchev–Trinajstić information content (AvgIpc) is 2.10. The lowest BCUT2D eigenvalue weighted by molar-refractivity contribution is 0.613. The fourth-order valence-corrected chi connectivity index (χ4v) is 1.28. The molecule has 0 atom stereocenters. The normalized spacial score (nSPS) is 21.0. The SMILES string of the molecule is CC(C)CC1=NC=CC1(C)C. The largest absolute Gasteiger partial charge is 0.265 e. The van der Waals surface area contributed by atoms with Crippen LogP contribution in [0.2, 0.25) is 0 Å². The van der Waals surface area contributed by atoms with Crippen molar-refractivity contribution in [1.29, 1.82) is 0 Å². The van der Waals surface area contributed by atoms with Crippen molar-refractivity contribution >= 4 is 5.71 Å². The van der Waals surface area contributed by atoms with E-state index >= 15 is 0 Å². The molecular formula is C10H17N. The summed E-state index contributed by atoms with van der Waals surface area (Å²) in [6, 6.07) is 0. The van der Waals surface area contributed by atoms with Crippen LogP contribution in [-0.2, 0) is 0 Å². The monoisotopic (exact) mass is 151 g/mol. The second-order valence-electron chi connectivity index (χ2n) is 4.21. The van der Waals surface area contributed by atoms with Crippen LogP contribution >= 0.6 is 0 Å². The fourth-order valence-electron chi connectivity index (χ4n) is 1.28. The van der Waals surface area contributed by atoms with E-state index in [2.05, 4.69) is 38.8 Å². The second-order valence-corrected chi connectivity index (χ2v) is 4.21. The molecule has 62 valence electrons. The van der Waals surface area contributed by atoms with Gasteiger partial charge in [0.1, 0.15) is 0 Å². The first-order valence-corrected chi connectivity index (χ1v) is 4.27. The van der Waals surface area contributed by atoms with Gasteiger partial charge in [-0.2, -0.15) is 0 Å². The van der Waals surface area contributed by atoms with Gasteiger partial charge in [-0.05, 0) is 12.3 Å². The molecule has 0 saturated heterocycles. The summed E-state index contributed by atoms with van der Waals surface area (Å²) in [6.45, 7) is 8.91. The van der Waals surface area contributed by atoms with Crippen molar-refractivity contribution in [2.45, 2.75) is 34.1 Å². The van der Waals surface area contributed by atoms with Crippen LogP contribution in [0.25, 0.3) is 0 Å². The van der Waals surface area contributed by atoms with Crippen LogP contribution in [0.15, 0.2) is 17.3 Å². The minimum absolute atomic E-state index is 0.213. The molecule has 1 aliphatic heterocycles. The highest BCUT2D eigenvalue weighted by atomic mass is 14.8. The highest BCUT2D eigenvalue weighted by molar-refractivity contribution is 5.93. The van der Waals surface area contributed by atoms with E-state index in [0.29, 0.717) is 5.92 Å². The van der Waals surface area contributed by atoms with Crippen molar-refractivity contribution in [2.24, 2.45) is 16.3 Å². The van der Waals surface area contributed by atoms with Gasteiger partial charge in [0.25, 0.3) is 0 Å². The van der Waals surface area contributed by atoms with E-state index in [9.17, 15) is 0 Å². The Morgan fingerprint density at radius 2 is 2.09 bits per heavy atom. The average molecular weight is 151 g/mol. The van der Waals surface area contributed by atoms with Crippen LogP contribution in [0.5, 0.6) is 0 Å². The molecule has 0 saturated carbocycles. The molecule has 0 radical (unpaired) electrons. The van der Waals surface area contributed by atoms with Crippen LogP contribution in [-0.4, -0.2) is 5.71 Å². The highest BCUT2D eigenvalue weighted by Gasteiger charge is 2.24. The zero-order valence-corrected chi connectivity index (χ0v) is 7.89. The minimum Gasteiger partial charge on any atom is -0.265 e. The lowest BCUT2D eigenvalue weighted by atomic mass is 9.84. The zero-order chi connectivity index (χ0) is 8.48. The molecule has 11 heavy (non-hydrogen) atoms. The molecule has 1 aliphatic rings. The van der Waals surface area contributed by atoms with Gasteiger partial charge in [0.2, 0.25) is 0 Å². The molecule has 0 spiro atoms. The Morgan fingerprint density at radius 3 is 2.45 bits per heavy atom. The lowest BCUT2D eigenvalue weighted by Gasteiger charge is -2.19. The topological polar surface area (TPSA) is 12.4 Å². The van der Waals surface area contributed by atoms with Crippen LogP contribution in [0.3, 0.4) is 0 Å². The molecule has 0 aromatic rings. The van der Waals surface area contributed by atoms with Crippen LogP contribution in [0, 0.1) is 11.3 Å². The summed E-state index contributed by atoms with van der Waals surface area (Å²) in [7, 11) is 0. The molecule has 1 heterocycles. The molecule has 0 N–H and O–H groups in total. The molecule has 1 nitrogen and oxygen atoms in total. The quantitative estimate of drug-likeness (QED) is 0.575. The van der Waals surface area contributed by atoms with Crippen LogP contribution < -0.4 is 0 Å². The van der Waals surface area contributed by atoms with E-state index in [-0.39, 0.29) is 5.41 Å². The van der Waals surface area contributed by atoms with Gasteiger partial charge in [-0.25, -0.2) is 0 Å². The molecular weight excluding hydrogens is 134 g/mol. The Hall–Kier alpha value is -0.590. The third-order valence-electron chi connectivity index (χ3n) is 2.07. The number of aliphatic imine (C=N–C) groups is 1. The van der Waals surface area contributed by atoms with E-state index in [4.69, 9.17) is 0 Å². The third-order valence-corrected chi connectivity index (χ3v) is 2.07. The molecule has 0 amide bonds. The second kappa shape index (κ2) is 2.80. The van der Waals surface area contributed by atoms with Crippen molar-refractivity contribution in [3.63, 3.8) is 0 Å². The van der Waals surface area contributed by atoms with Gasteiger partial charge in [-0.15, -0.1) is 0 Å². The molecule has 0 fully saturated rings. The number of nitrogens with zero attached hydrogens (tertiary/aromatic N) is 1. The van der Waals surface area contributed by atoms with Crippen molar-refractivity contribution in [2.75, 3.05) is 0 Å². The highest BCUT2D eigenvalue weighted by Crippen LogP contribution is 2.28. The Balaban J connectivity index is 2.62. The lowest BCUT2D eigenvalue weighted by Crippen LogP contribution is -2.20. The summed E-state index contributed by atoms with van der Waals surface area (Å²) < 4.78 is 0. The first-order valence-electron chi connectivity index (χ1n) is 4.27. The smallest absolute Gasteiger partial charge is 0.0276 e. The van der Waals surface area contributed by atoms with E-state index in [1.807, 2.05) is 6.20 Å². The predicted octanol–water partition coefficient (Wildman–Crippen LogP) is 3.03. The maximum Gasteiger partial charge on any atom is 0.0276 e. The van der Waals surface area contributed by atoms with Gasteiger partial charge >= 0.3 is 0 Å². The van der Waals surface area contributed by atoms with Crippen LogP contribution in [0.1, 0.15) is 34.1 Å². The van der Waals surface area contributed by atoms with E-state index < -0.39 is 0 Å². The van der Waals surface area contributed by atoms with Crippen LogP contribution in [0.4, 0.5) is 0 Å². The van der Waals surface area contributed by atoms with Crippen molar-refractivity contribution < 1.29 is 0 Å². The maximum atomic E-state index is 4.36. The van der Waals surface area contributed by atoms with Gasteiger partial charge < -0.3 is 0 Å². The minimum atomic E-state index is 0.213. The van der Waals surface area contributed by atoms with Crippen molar-refractivity contribution in [1.82, 2.24) is 0 Å². The zero-order valence-electron chi connectivity index (χ0n) is 7.89. The molecule has 0 aliphatic carbocycles. The summed E-state index contributed by atoms with van der Waals surface area (Å²) in [5, 5.41) is 0. The standard InChI is InChI=1S/C10H17N/c1-8(2)7-9-10(3,4)5-6-11-9/h5-6,8H,7H2,1-4H3. The van der Waals surface area contributed by atoms with Gasteiger partial charge in [0.05, 0.1) is 0 Å².